The first-order valence-electron chi connectivity index (χ1n) is 10.4. The Morgan fingerprint density at radius 1 is 0.758 bits per heavy atom. The molecule has 174 valence electrons. The second kappa shape index (κ2) is 11.2. The van der Waals surface area contributed by atoms with Crippen molar-refractivity contribution in [3.63, 3.8) is 0 Å². The van der Waals surface area contributed by atoms with Gasteiger partial charge < -0.3 is 14.6 Å². The Kier molecular flexibility index (Phi) is 8.94. The van der Waals surface area contributed by atoms with E-state index in [0.717, 1.165) is 5.75 Å². The molecule has 0 aromatic heterocycles. The van der Waals surface area contributed by atoms with Crippen LogP contribution in [0.25, 0.3) is 0 Å². The maximum Gasteiger partial charge on any atom is 0.195 e. The van der Waals surface area contributed by atoms with Crippen molar-refractivity contribution in [2.45, 2.75) is 38.9 Å². The molecule has 0 aliphatic rings. The predicted molar refractivity (Wildman–Crippen MR) is 130 cm³/mol. The summed E-state index contributed by atoms with van der Waals surface area (Å²) in [6.45, 7) is 6.39. The lowest BCUT2D eigenvalue weighted by molar-refractivity contribution is 0.0228. The molecular formula is C27H29ClO5. The summed E-state index contributed by atoms with van der Waals surface area (Å²) in [5, 5.41) is 10.1. The van der Waals surface area contributed by atoms with Crippen LogP contribution in [0.3, 0.4) is 0 Å². The van der Waals surface area contributed by atoms with E-state index in [9.17, 15) is 14.7 Å². The highest BCUT2D eigenvalue weighted by Gasteiger charge is 2.29. The van der Waals surface area contributed by atoms with Crippen LogP contribution in [0.1, 0.15) is 48.4 Å². The first-order chi connectivity index (χ1) is 15.5. The number of benzene rings is 3. The minimum absolute atomic E-state index is 0.106. The molecule has 0 atom stereocenters. The highest BCUT2D eigenvalue weighted by atomic mass is 35.5. The third-order valence-electron chi connectivity index (χ3n) is 4.83. The molecule has 0 radical (unpaired) electrons. The zero-order chi connectivity index (χ0) is 24.6. The number of carbonyl (C=O) groups excluding carboxylic acids is 2. The van der Waals surface area contributed by atoms with Crippen molar-refractivity contribution in [1.82, 2.24) is 0 Å². The van der Waals surface area contributed by atoms with E-state index in [4.69, 9.17) is 21.1 Å². The maximum absolute atomic E-state index is 11.9. The van der Waals surface area contributed by atoms with Gasteiger partial charge in [0.25, 0.3) is 0 Å². The molecule has 3 aromatic rings. The zero-order valence-corrected chi connectivity index (χ0v) is 20.2. The third-order valence-corrected chi connectivity index (χ3v) is 5.16. The number of carbonyl (C=O) groups is 2. The fourth-order valence-corrected chi connectivity index (χ4v) is 2.94. The SMILES string of the molecule is CC(C)(O)C(=O)c1ccc(Oc2ccccc2)cc1.COC(C)(C)C(=O)c1ccccc1Cl. The van der Waals surface area contributed by atoms with Crippen molar-refractivity contribution in [2.24, 2.45) is 0 Å². The van der Waals surface area contributed by atoms with Crippen LogP contribution in [-0.2, 0) is 4.74 Å². The van der Waals surface area contributed by atoms with Crippen LogP contribution in [0.2, 0.25) is 5.02 Å². The first-order valence-corrected chi connectivity index (χ1v) is 10.8. The van der Waals surface area contributed by atoms with Gasteiger partial charge in [-0.2, -0.15) is 0 Å². The van der Waals surface area contributed by atoms with Crippen molar-refractivity contribution < 1.29 is 24.2 Å². The molecule has 0 spiro atoms. The molecule has 0 aliphatic carbocycles. The van der Waals surface area contributed by atoms with Crippen LogP contribution < -0.4 is 4.74 Å². The maximum atomic E-state index is 11.9. The molecule has 0 saturated carbocycles. The summed E-state index contributed by atoms with van der Waals surface area (Å²) in [7, 11) is 1.51. The number of hydrogen-bond donors (Lipinski definition) is 1. The molecule has 0 fully saturated rings. The Morgan fingerprint density at radius 3 is 1.79 bits per heavy atom. The van der Waals surface area contributed by atoms with Crippen molar-refractivity contribution in [3.05, 3.63) is 95.0 Å². The fraction of sp³-hybridized carbons (Fsp3) is 0.259. The van der Waals surface area contributed by atoms with E-state index in [1.807, 2.05) is 30.3 Å². The molecule has 33 heavy (non-hydrogen) atoms. The Bertz CT molecular complexity index is 1070. The van der Waals surface area contributed by atoms with E-state index in [2.05, 4.69) is 0 Å². The van der Waals surface area contributed by atoms with E-state index in [1.165, 1.54) is 21.0 Å². The van der Waals surface area contributed by atoms with Gasteiger partial charge in [-0.05, 0) is 76.2 Å². The molecule has 0 heterocycles. The van der Waals surface area contributed by atoms with Crippen LogP contribution in [-0.4, -0.2) is 35.0 Å². The molecule has 6 heteroatoms. The summed E-state index contributed by atoms with van der Waals surface area (Å²) in [6, 6.07) is 23.1. The summed E-state index contributed by atoms with van der Waals surface area (Å²) in [5.74, 6) is 0.979. The van der Waals surface area contributed by atoms with Crippen LogP contribution in [0.5, 0.6) is 11.5 Å². The second-order valence-electron chi connectivity index (χ2n) is 8.35. The normalized spacial score (nSPS) is 11.2. The van der Waals surface area contributed by atoms with E-state index < -0.39 is 11.2 Å². The van der Waals surface area contributed by atoms with Gasteiger partial charge >= 0.3 is 0 Å². The lowest BCUT2D eigenvalue weighted by atomic mass is 9.96. The van der Waals surface area contributed by atoms with Gasteiger partial charge in [-0.1, -0.05) is 41.9 Å². The lowest BCUT2D eigenvalue weighted by Crippen LogP contribution is -2.33. The van der Waals surface area contributed by atoms with Gasteiger partial charge in [0.05, 0.1) is 5.02 Å². The average molecular weight is 469 g/mol. The monoisotopic (exact) mass is 468 g/mol. The smallest absolute Gasteiger partial charge is 0.195 e. The molecule has 3 rings (SSSR count). The molecular weight excluding hydrogens is 440 g/mol. The number of hydrogen-bond acceptors (Lipinski definition) is 5. The summed E-state index contributed by atoms with van der Waals surface area (Å²) in [4.78, 5) is 23.8. The van der Waals surface area contributed by atoms with E-state index in [-0.39, 0.29) is 11.6 Å². The predicted octanol–water partition coefficient (Wildman–Crippen LogP) is 6.38. The van der Waals surface area contributed by atoms with Crippen LogP contribution in [0.15, 0.2) is 78.9 Å². The number of para-hydroxylation sites is 1. The highest BCUT2D eigenvalue weighted by Crippen LogP contribution is 2.23. The van der Waals surface area contributed by atoms with Crippen LogP contribution in [0.4, 0.5) is 0 Å². The van der Waals surface area contributed by atoms with E-state index >= 15 is 0 Å². The number of Topliss-reactive ketones (excluding diaryl/α,β-unsaturated/α-hetero) is 2. The minimum atomic E-state index is -1.36. The average Bonchev–Trinajstić information content (AvgIpc) is 2.79. The largest absolute Gasteiger partial charge is 0.457 e. The number of methoxy groups -OCH3 is 1. The van der Waals surface area contributed by atoms with Gasteiger partial charge in [0.1, 0.15) is 22.7 Å². The minimum Gasteiger partial charge on any atom is -0.457 e. The molecule has 0 bridgehead atoms. The Morgan fingerprint density at radius 2 is 1.27 bits per heavy atom. The Hall–Kier alpha value is -2.99. The third kappa shape index (κ3) is 7.53. The second-order valence-corrected chi connectivity index (χ2v) is 8.76. The van der Waals surface area contributed by atoms with Gasteiger partial charge in [-0.15, -0.1) is 0 Å². The number of halogens is 1. The lowest BCUT2D eigenvalue weighted by Gasteiger charge is -2.21. The molecule has 3 aromatic carbocycles. The highest BCUT2D eigenvalue weighted by molar-refractivity contribution is 6.34. The van der Waals surface area contributed by atoms with Crippen molar-refractivity contribution in [1.29, 1.82) is 0 Å². The molecule has 0 amide bonds. The van der Waals surface area contributed by atoms with Crippen LogP contribution in [0, 0.1) is 0 Å². The molecule has 0 aliphatic heterocycles. The van der Waals surface area contributed by atoms with Gasteiger partial charge in [-0.3, -0.25) is 9.59 Å². The first kappa shape index (κ1) is 26.3. The van der Waals surface area contributed by atoms with Crippen molar-refractivity contribution in [3.8, 4) is 11.5 Å². The summed E-state index contributed by atoms with van der Waals surface area (Å²) >= 11 is 5.91. The molecule has 1 N–H and O–H groups in total. The van der Waals surface area contributed by atoms with Gasteiger partial charge in [0.2, 0.25) is 0 Å². The molecule has 0 saturated heterocycles. The van der Waals surface area contributed by atoms with Crippen LogP contribution >= 0.6 is 11.6 Å². The van der Waals surface area contributed by atoms with Gasteiger partial charge in [-0.25, -0.2) is 0 Å². The Labute approximate surface area is 199 Å². The zero-order valence-electron chi connectivity index (χ0n) is 19.5. The number of rotatable bonds is 7. The number of aliphatic hydroxyl groups is 1. The van der Waals surface area contributed by atoms with Crippen molar-refractivity contribution in [2.75, 3.05) is 7.11 Å². The molecule has 0 unspecified atom stereocenters. The number of ether oxygens (including phenoxy) is 2. The van der Waals surface area contributed by atoms with Gasteiger partial charge in [0, 0.05) is 18.2 Å². The topological polar surface area (TPSA) is 72.8 Å². The Balaban J connectivity index is 0.000000245. The van der Waals surface area contributed by atoms with E-state index in [1.54, 1.807) is 62.4 Å². The van der Waals surface area contributed by atoms with Gasteiger partial charge in [0.15, 0.2) is 11.6 Å². The summed E-state index contributed by atoms with van der Waals surface area (Å²) in [6.07, 6.45) is 0. The fourth-order valence-electron chi connectivity index (χ4n) is 2.71. The molecule has 5 nitrogen and oxygen atoms in total. The summed E-state index contributed by atoms with van der Waals surface area (Å²) in [5.41, 5.74) is -1.22. The standard InChI is InChI=1S/C16H16O3.C11H13ClO2/c1-16(2,18)15(17)12-8-10-14(11-9-12)19-13-6-4-3-5-7-13;1-11(2,14-3)10(13)8-6-4-5-7-9(8)12/h3-11,18H,1-2H3;4-7H,1-3H3. The van der Waals surface area contributed by atoms with Crippen molar-refractivity contribution >= 4 is 23.2 Å². The number of ketones is 2. The summed E-state index contributed by atoms with van der Waals surface area (Å²) < 4.78 is 10.7. The quantitative estimate of drug-likeness (QED) is 0.407. The van der Waals surface area contributed by atoms with E-state index in [0.29, 0.717) is 21.9 Å².